The minimum Gasteiger partial charge on any atom is -0.389 e. The van der Waals surface area contributed by atoms with Gasteiger partial charge in [0, 0.05) is 18.7 Å². The predicted octanol–water partition coefficient (Wildman–Crippen LogP) is 4.01. The first-order chi connectivity index (χ1) is 10.0. The van der Waals surface area contributed by atoms with Crippen LogP contribution in [-0.2, 0) is 0 Å². The largest absolute Gasteiger partial charge is 0.389 e. The molecule has 1 heterocycles. The fraction of sp³-hybridized carbons (Fsp3) is 0.562. The van der Waals surface area contributed by atoms with E-state index < -0.39 is 11.6 Å². The van der Waals surface area contributed by atoms with Crippen LogP contribution in [0.25, 0.3) is 0 Å². The lowest BCUT2D eigenvalue weighted by atomic mass is 9.96. The van der Waals surface area contributed by atoms with E-state index in [1.165, 1.54) is 25.3 Å². The molecule has 0 aromatic heterocycles. The Balaban J connectivity index is 2.18. The lowest BCUT2D eigenvalue weighted by molar-refractivity contribution is 0.435. The molecule has 1 unspecified atom stereocenters. The maximum absolute atomic E-state index is 14.3. The second kappa shape index (κ2) is 7.16. The summed E-state index contributed by atoms with van der Waals surface area (Å²) in [5, 5.41) is 0. The van der Waals surface area contributed by atoms with Gasteiger partial charge in [-0.2, -0.15) is 0 Å². The second-order valence-corrected chi connectivity index (χ2v) is 6.14. The van der Waals surface area contributed by atoms with E-state index in [0.717, 1.165) is 25.9 Å². The molecule has 0 amide bonds. The number of anilines is 1. The molecule has 0 spiro atoms. The number of halogens is 2. The Morgan fingerprint density at radius 3 is 2.71 bits per heavy atom. The van der Waals surface area contributed by atoms with Crippen molar-refractivity contribution in [3.05, 3.63) is 29.3 Å². The van der Waals surface area contributed by atoms with Crippen LogP contribution < -0.4 is 10.6 Å². The van der Waals surface area contributed by atoms with Crippen LogP contribution in [0, 0.1) is 17.6 Å². The molecule has 2 rings (SSSR count). The van der Waals surface area contributed by atoms with Gasteiger partial charge >= 0.3 is 0 Å². The number of benzene rings is 1. The third kappa shape index (κ3) is 3.70. The first-order valence-corrected chi connectivity index (χ1v) is 7.98. The third-order valence-electron chi connectivity index (χ3n) is 4.21. The topological polar surface area (TPSA) is 29.3 Å². The molecule has 2 nitrogen and oxygen atoms in total. The van der Waals surface area contributed by atoms with Gasteiger partial charge in [-0.1, -0.05) is 32.0 Å². The van der Waals surface area contributed by atoms with Gasteiger partial charge in [-0.3, -0.25) is 0 Å². The van der Waals surface area contributed by atoms with Crippen LogP contribution in [0.3, 0.4) is 0 Å². The fourth-order valence-electron chi connectivity index (χ4n) is 3.08. The van der Waals surface area contributed by atoms with Crippen LogP contribution in [0.4, 0.5) is 14.5 Å². The second-order valence-electron chi connectivity index (χ2n) is 5.70. The van der Waals surface area contributed by atoms with E-state index in [0.29, 0.717) is 11.6 Å². The zero-order chi connectivity index (χ0) is 15.4. The smallest absolute Gasteiger partial charge is 0.182 e. The number of hydrogen-bond donors (Lipinski definition) is 1. The maximum Gasteiger partial charge on any atom is 0.182 e. The van der Waals surface area contributed by atoms with Crippen molar-refractivity contribution in [3.63, 3.8) is 0 Å². The van der Waals surface area contributed by atoms with E-state index in [-0.39, 0.29) is 10.6 Å². The van der Waals surface area contributed by atoms with Gasteiger partial charge in [-0.15, -0.1) is 0 Å². The van der Waals surface area contributed by atoms with Gasteiger partial charge in [-0.25, -0.2) is 8.78 Å². The van der Waals surface area contributed by atoms with Gasteiger partial charge in [0.05, 0.1) is 5.69 Å². The van der Waals surface area contributed by atoms with E-state index in [4.69, 9.17) is 18.0 Å². The fourth-order valence-corrected chi connectivity index (χ4v) is 3.23. The quantitative estimate of drug-likeness (QED) is 0.852. The van der Waals surface area contributed by atoms with E-state index in [2.05, 4.69) is 6.92 Å². The van der Waals surface area contributed by atoms with Gasteiger partial charge in [-0.05, 0) is 37.3 Å². The van der Waals surface area contributed by atoms with Crippen LogP contribution in [-0.4, -0.2) is 18.1 Å². The number of thiocarbonyl (C=S) groups is 1. The molecular weight excluding hydrogens is 290 g/mol. The predicted molar refractivity (Wildman–Crippen MR) is 86.7 cm³/mol. The molecule has 0 bridgehead atoms. The molecule has 0 radical (unpaired) electrons. The van der Waals surface area contributed by atoms with Crippen molar-refractivity contribution in [2.24, 2.45) is 11.7 Å². The lowest BCUT2D eigenvalue weighted by Gasteiger charge is -2.24. The van der Waals surface area contributed by atoms with Crippen LogP contribution in [0.2, 0.25) is 0 Å². The number of nitrogens with zero attached hydrogens (tertiary/aromatic N) is 1. The SMILES string of the molecule is CCCC1CCCN(c2ccc(C(N)=S)c(F)c2F)CC1. The highest BCUT2D eigenvalue weighted by atomic mass is 32.1. The molecule has 0 aliphatic carbocycles. The average molecular weight is 312 g/mol. The summed E-state index contributed by atoms with van der Waals surface area (Å²) >= 11 is 4.73. The van der Waals surface area contributed by atoms with Crippen LogP contribution in [0.15, 0.2) is 12.1 Å². The molecule has 1 aliphatic heterocycles. The Morgan fingerprint density at radius 2 is 2.05 bits per heavy atom. The van der Waals surface area contributed by atoms with Gasteiger partial charge in [0.15, 0.2) is 11.6 Å². The molecule has 0 saturated carbocycles. The average Bonchev–Trinajstić information content (AvgIpc) is 2.67. The van der Waals surface area contributed by atoms with Gasteiger partial charge in [0.1, 0.15) is 4.99 Å². The molecule has 1 saturated heterocycles. The van der Waals surface area contributed by atoms with E-state index in [1.54, 1.807) is 6.07 Å². The summed E-state index contributed by atoms with van der Waals surface area (Å²) in [5.41, 5.74) is 5.70. The summed E-state index contributed by atoms with van der Waals surface area (Å²) in [6, 6.07) is 3.07. The van der Waals surface area contributed by atoms with E-state index in [1.807, 2.05) is 4.90 Å². The summed E-state index contributed by atoms with van der Waals surface area (Å²) in [6.07, 6.45) is 5.61. The first kappa shape index (κ1) is 16.1. The number of nitrogens with two attached hydrogens (primary N) is 1. The number of hydrogen-bond acceptors (Lipinski definition) is 2. The van der Waals surface area contributed by atoms with Crippen molar-refractivity contribution in [2.45, 2.75) is 39.0 Å². The molecule has 21 heavy (non-hydrogen) atoms. The monoisotopic (exact) mass is 312 g/mol. The summed E-state index contributed by atoms with van der Waals surface area (Å²) in [7, 11) is 0. The highest BCUT2D eigenvalue weighted by molar-refractivity contribution is 7.80. The molecule has 116 valence electrons. The van der Waals surface area contributed by atoms with Crippen LogP contribution in [0.1, 0.15) is 44.6 Å². The van der Waals surface area contributed by atoms with Crippen molar-refractivity contribution < 1.29 is 8.78 Å². The van der Waals surface area contributed by atoms with Crippen molar-refractivity contribution in [1.29, 1.82) is 0 Å². The van der Waals surface area contributed by atoms with Gasteiger partial charge < -0.3 is 10.6 Å². The normalized spacial score (nSPS) is 19.4. The molecule has 1 aromatic carbocycles. The summed E-state index contributed by atoms with van der Waals surface area (Å²) < 4.78 is 28.3. The van der Waals surface area contributed by atoms with Gasteiger partial charge in [0.2, 0.25) is 0 Å². The molecule has 5 heteroatoms. The Morgan fingerprint density at radius 1 is 1.29 bits per heavy atom. The minimum atomic E-state index is -0.936. The Hall–Kier alpha value is -1.23. The zero-order valence-corrected chi connectivity index (χ0v) is 13.2. The minimum absolute atomic E-state index is 0.0232. The summed E-state index contributed by atoms with van der Waals surface area (Å²) in [6.45, 7) is 3.72. The molecule has 1 atom stereocenters. The van der Waals surface area contributed by atoms with Crippen molar-refractivity contribution in [3.8, 4) is 0 Å². The standard InChI is InChI=1S/C16H22F2N2S/c1-2-4-11-5-3-9-20(10-8-11)13-7-6-12(16(19)21)14(17)15(13)18/h6-7,11H,2-5,8-10H2,1H3,(H2,19,21). The Kier molecular flexibility index (Phi) is 5.51. The van der Waals surface area contributed by atoms with Crippen molar-refractivity contribution in [1.82, 2.24) is 0 Å². The molecule has 1 aromatic rings. The Bertz CT molecular complexity index is 519. The summed E-state index contributed by atoms with van der Waals surface area (Å²) in [5.74, 6) is -1.08. The molecule has 2 N–H and O–H groups in total. The van der Waals surface area contributed by atoms with E-state index in [9.17, 15) is 8.78 Å². The third-order valence-corrected chi connectivity index (χ3v) is 4.43. The first-order valence-electron chi connectivity index (χ1n) is 7.57. The number of rotatable bonds is 4. The zero-order valence-electron chi connectivity index (χ0n) is 12.4. The highest BCUT2D eigenvalue weighted by Gasteiger charge is 2.22. The van der Waals surface area contributed by atoms with E-state index >= 15 is 0 Å². The van der Waals surface area contributed by atoms with Crippen molar-refractivity contribution >= 4 is 22.9 Å². The maximum atomic E-state index is 14.3. The van der Waals surface area contributed by atoms with Crippen LogP contribution >= 0.6 is 12.2 Å². The van der Waals surface area contributed by atoms with Gasteiger partial charge in [0.25, 0.3) is 0 Å². The molecule has 1 fully saturated rings. The highest BCUT2D eigenvalue weighted by Crippen LogP contribution is 2.29. The molecular formula is C16H22F2N2S. The summed E-state index contributed by atoms with van der Waals surface area (Å²) in [4.78, 5) is 1.83. The molecule has 1 aliphatic rings. The lowest BCUT2D eigenvalue weighted by Crippen LogP contribution is -2.26. The Labute approximate surface area is 130 Å². The van der Waals surface area contributed by atoms with Crippen molar-refractivity contribution in [2.75, 3.05) is 18.0 Å². The van der Waals surface area contributed by atoms with Crippen LogP contribution in [0.5, 0.6) is 0 Å².